The third-order valence-corrected chi connectivity index (χ3v) is 3.49. The van der Waals surface area contributed by atoms with E-state index in [1.807, 2.05) is 24.3 Å². The quantitative estimate of drug-likeness (QED) is 0.847. The Balaban J connectivity index is 2.06. The highest BCUT2D eigenvalue weighted by Gasteiger charge is 2.03. The van der Waals surface area contributed by atoms with Crippen molar-refractivity contribution >= 4 is 0 Å². The molecule has 0 saturated heterocycles. The number of aryl methyl sites for hydroxylation is 1. The number of nitrogens with two attached hydrogens (primary N) is 1. The summed E-state index contributed by atoms with van der Waals surface area (Å²) in [5.74, 6) is 1.74. The summed E-state index contributed by atoms with van der Waals surface area (Å²) in [6.07, 6.45) is 2.93. The zero-order chi connectivity index (χ0) is 14.4. The fourth-order valence-corrected chi connectivity index (χ4v) is 2.11. The van der Waals surface area contributed by atoms with Crippen LogP contribution < -0.4 is 10.5 Å². The van der Waals surface area contributed by atoms with Gasteiger partial charge in [-0.05, 0) is 54.7 Å². The third-order valence-electron chi connectivity index (χ3n) is 3.49. The second-order valence-electron chi connectivity index (χ2n) is 5.12. The Kier molecular flexibility index (Phi) is 5.19. The predicted octanol–water partition coefficient (Wildman–Crippen LogP) is 4.32. The summed E-state index contributed by atoms with van der Waals surface area (Å²) in [4.78, 5) is 0. The molecule has 0 aromatic heterocycles. The lowest BCUT2D eigenvalue weighted by molar-refractivity contribution is 0.481. The minimum atomic E-state index is 0.217. The minimum Gasteiger partial charge on any atom is -0.457 e. The van der Waals surface area contributed by atoms with Gasteiger partial charge in [0, 0.05) is 6.04 Å². The molecule has 0 radical (unpaired) electrons. The molecule has 0 aliphatic rings. The molecule has 0 bridgehead atoms. The van der Waals surface area contributed by atoms with Crippen LogP contribution in [-0.2, 0) is 12.8 Å². The van der Waals surface area contributed by atoms with Crippen molar-refractivity contribution < 1.29 is 4.74 Å². The lowest BCUT2D eigenvalue weighted by Gasteiger charge is -2.11. The van der Waals surface area contributed by atoms with E-state index in [0.29, 0.717) is 0 Å². The monoisotopic (exact) mass is 269 g/mol. The zero-order valence-corrected chi connectivity index (χ0v) is 12.3. The molecule has 2 rings (SSSR count). The van der Waals surface area contributed by atoms with Crippen LogP contribution in [0, 0.1) is 0 Å². The Morgan fingerprint density at radius 2 is 1.70 bits per heavy atom. The smallest absolute Gasteiger partial charge is 0.127 e. The van der Waals surface area contributed by atoms with E-state index in [-0.39, 0.29) is 6.04 Å². The van der Waals surface area contributed by atoms with Crippen molar-refractivity contribution in [2.24, 2.45) is 5.73 Å². The van der Waals surface area contributed by atoms with Gasteiger partial charge in [0.2, 0.25) is 0 Å². The van der Waals surface area contributed by atoms with Crippen molar-refractivity contribution in [3.63, 3.8) is 0 Å². The van der Waals surface area contributed by atoms with Gasteiger partial charge in [0.25, 0.3) is 0 Å². The van der Waals surface area contributed by atoms with Crippen LogP contribution >= 0.6 is 0 Å². The zero-order valence-electron chi connectivity index (χ0n) is 12.3. The third kappa shape index (κ3) is 4.10. The first kappa shape index (κ1) is 14.6. The van der Waals surface area contributed by atoms with E-state index in [4.69, 9.17) is 10.5 Å². The number of benzene rings is 2. The molecule has 106 valence electrons. The molecule has 0 aliphatic heterocycles. The summed E-state index contributed by atoms with van der Waals surface area (Å²) < 4.78 is 5.89. The van der Waals surface area contributed by atoms with E-state index < -0.39 is 0 Å². The van der Waals surface area contributed by atoms with Crippen molar-refractivity contribution in [2.75, 3.05) is 0 Å². The predicted molar refractivity (Wildman–Crippen MR) is 84.3 cm³/mol. The lowest BCUT2D eigenvalue weighted by Crippen LogP contribution is -2.21. The maximum Gasteiger partial charge on any atom is 0.127 e. The molecule has 0 heterocycles. The van der Waals surface area contributed by atoms with E-state index in [0.717, 1.165) is 30.8 Å². The topological polar surface area (TPSA) is 35.2 Å². The van der Waals surface area contributed by atoms with Crippen molar-refractivity contribution in [2.45, 2.75) is 39.2 Å². The van der Waals surface area contributed by atoms with Crippen molar-refractivity contribution in [3.8, 4) is 11.5 Å². The molecule has 1 atom stereocenters. The molecule has 0 spiro atoms. The van der Waals surface area contributed by atoms with Gasteiger partial charge in [-0.1, -0.05) is 38.1 Å². The van der Waals surface area contributed by atoms with Crippen molar-refractivity contribution in [3.05, 3.63) is 59.7 Å². The van der Waals surface area contributed by atoms with Crippen LogP contribution in [0.5, 0.6) is 11.5 Å². The standard InChI is InChI=1S/C18H23NO/c1-3-14-8-10-17(11-9-14)20-18-7-5-6-15(13-18)12-16(19)4-2/h5-11,13,16H,3-4,12,19H2,1-2H3. The van der Waals surface area contributed by atoms with Gasteiger partial charge in [-0.15, -0.1) is 0 Å². The van der Waals surface area contributed by atoms with Crippen LogP contribution in [-0.4, -0.2) is 6.04 Å². The fourth-order valence-electron chi connectivity index (χ4n) is 2.11. The summed E-state index contributed by atoms with van der Waals surface area (Å²) in [6.45, 7) is 4.26. The van der Waals surface area contributed by atoms with Crippen molar-refractivity contribution in [1.29, 1.82) is 0 Å². The molecule has 0 saturated carbocycles. The van der Waals surface area contributed by atoms with E-state index >= 15 is 0 Å². The van der Waals surface area contributed by atoms with E-state index in [1.54, 1.807) is 0 Å². The Labute approximate surface area is 121 Å². The summed E-state index contributed by atoms with van der Waals surface area (Å²) in [5.41, 5.74) is 8.54. The summed E-state index contributed by atoms with van der Waals surface area (Å²) >= 11 is 0. The summed E-state index contributed by atoms with van der Waals surface area (Å²) in [7, 11) is 0. The summed E-state index contributed by atoms with van der Waals surface area (Å²) in [6, 6.07) is 16.6. The SMILES string of the molecule is CCc1ccc(Oc2cccc(CC(N)CC)c2)cc1. The van der Waals surface area contributed by atoms with E-state index in [9.17, 15) is 0 Å². The fraction of sp³-hybridized carbons (Fsp3) is 0.333. The number of rotatable bonds is 6. The van der Waals surface area contributed by atoms with E-state index in [1.165, 1.54) is 11.1 Å². The molecule has 2 aromatic carbocycles. The molecular formula is C18H23NO. The largest absolute Gasteiger partial charge is 0.457 e. The molecule has 0 aliphatic carbocycles. The van der Waals surface area contributed by atoms with Gasteiger partial charge in [0.15, 0.2) is 0 Å². The van der Waals surface area contributed by atoms with Crippen LogP contribution in [0.1, 0.15) is 31.4 Å². The highest BCUT2D eigenvalue weighted by molar-refractivity contribution is 5.35. The van der Waals surface area contributed by atoms with Crippen LogP contribution in [0.3, 0.4) is 0 Å². The normalized spacial score (nSPS) is 12.2. The van der Waals surface area contributed by atoms with Gasteiger partial charge in [-0.3, -0.25) is 0 Å². The van der Waals surface area contributed by atoms with Gasteiger partial charge in [-0.25, -0.2) is 0 Å². The minimum absolute atomic E-state index is 0.217. The second-order valence-corrected chi connectivity index (χ2v) is 5.12. The highest BCUT2D eigenvalue weighted by Crippen LogP contribution is 2.23. The van der Waals surface area contributed by atoms with Gasteiger partial charge in [0.05, 0.1) is 0 Å². The summed E-state index contributed by atoms with van der Waals surface area (Å²) in [5, 5.41) is 0. The molecule has 2 aromatic rings. The maximum absolute atomic E-state index is 6.00. The maximum atomic E-state index is 6.00. The van der Waals surface area contributed by atoms with Crippen LogP contribution in [0.2, 0.25) is 0 Å². The Hall–Kier alpha value is -1.80. The highest BCUT2D eigenvalue weighted by atomic mass is 16.5. The van der Waals surface area contributed by atoms with Gasteiger partial charge < -0.3 is 10.5 Å². The van der Waals surface area contributed by atoms with Crippen molar-refractivity contribution in [1.82, 2.24) is 0 Å². The Morgan fingerprint density at radius 3 is 2.35 bits per heavy atom. The van der Waals surface area contributed by atoms with Gasteiger partial charge in [0.1, 0.15) is 11.5 Å². The number of hydrogen-bond acceptors (Lipinski definition) is 2. The first-order valence-corrected chi connectivity index (χ1v) is 7.32. The lowest BCUT2D eigenvalue weighted by atomic mass is 10.0. The number of ether oxygens (including phenoxy) is 1. The Bertz CT molecular complexity index is 533. The molecule has 2 N–H and O–H groups in total. The first-order valence-electron chi connectivity index (χ1n) is 7.32. The molecule has 20 heavy (non-hydrogen) atoms. The van der Waals surface area contributed by atoms with Gasteiger partial charge in [-0.2, -0.15) is 0 Å². The van der Waals surface area contributed by atoms with Crippen LogP contribution in [0.4, 0.5) is 0 Å². The number of hydrogen-bond donors (Lipinski definition) is 1. The molecule has 0 fully saturated rings. The molecule has 2 heteroatoms. The molecule has 0 amide bonds. The average molecular weight is 269 g/mol. The van der Waals surface area contributed by atoms with Crippen LogP contribution in [0.15, 0.2) is 48.5 Å². The second kappa shape index (κ2) is 7.11. The van der Waals surface area contributed by atoms with Gasteiger partial charge >= 0.3 is 0 Å². The average Bonchev–Trinajstić information content (AvgIpc) is 2.48. The van der Waals surface area contributed by atoms with Crippen LogP contribution in [0.25, 0.3) is 0 Å². The first-order chi connectivity index (χ1) is 9.71. The van der Waals surface area contributed by atoms with E-state index in [2.05, 4.69) is 38.1 Å². The molecule has 1 unspecified atom stereocenters. The Morgan fingerprint density at radius 1 is 0.950 bits per heavy atom. The molecular weight excluding hydrogens is 246 g/mol. The molecule has 2 nitrogen and oxygen atoms in total.